The number of hydrogen-bond acceptors (Lipinski definition) is 10. The van der Waals surface area contributed by atoms with E-state index < -0.39 is 57.8 Å². The van der Waals surface area contributed by atoms with E-state index in [1.54, 1.807) is 0 Å². The maximum Gasteiger partial charge on any atom is 0.472 e. The van der Waals surface area contributed by atoms with Crippen molar-refractivity contribution in [3.8, 4) is 0 Å². The van der Waals surface area contributed by atoms with Crippen LogP contribution in [0.5, 0.6) is 0 Å². The van der Waals surface area contributed by atoms with Gasteiger partial charge < -0.3 is 24.2 Å². The highest BCUT2D eigenvalue weighted by Crippen LogP contribution is 2.43. The summed E-state index contributed by atoms with van der Waals surface area (Å²) in [5.74, 6) is -1.61. The molecule has 3 atom stereocenters. The molecule has 0 fully saturated rings. The van der Waals surface area contributed by atoms with E-state index in [2.05, 4.69) is 130 Å². The number of carbonyl (C=O) groups excluding carboxylic acids is 3. The average Bonchev–Trinajstić information content (AvgIpc) is 3.35. The van der Waals surface area contributed by atoms with E-state index in [-0.39, 0.29) is 25.9 Å². The predicted octanol–water partition coefficient (Wildman–Crippen LogP) is 15.2. The van der Waals surface area contributed by atoms with Gasteiger partial charge in [0, 0.05) is 19.3 Å². The minimum absolute atomic E-state index is 0.0779. The molecule has 0 aromatic heterocycles. The number of phosphoric ester groups is 1. The van der Waals surface area contributed by atoms with E-state index in [0.29, 0.717) is 25.7 Å². The van der Waals surface area contributed by atoms with Crippen molar-refractivity contribution in [3.63, 3.8) is 0 Å². The van der Waals surface area contributed by atoms with Gasteiger partial charge in [0.1, 0.15) is 12.7 Å². The zero-order valence-corrected chi connectivity index (χ0v) is 44.3. The molecule has 0 bridgehead atoms. The molecule has 0 saturated carbocycles. The van der Waals surface area contributed by atoms with Crippen LogP contribution in [0.25, 0.3) is 0 Å². The number of esters is 3. The number of carbonyl (C=O) groups is 3. The molecule has 0 radical (unpaired) electrons. The van der Waals surface area contributed by atoms with Crippen LogP contribution in [0.1, 0.15) is 188 Å². The van der Waals surface area contributed by atoms with Crippen LogP contribution in [0.2, 0.25) is 0 Å². The first-order valence-electron chi connectivity index (χ1n) is 26.4. The van der Waals surface area contributed by atoms with Gasteiger partial charge in [0.2, 0.25) is 0 Å². The second-order valence-electron chi connectivity index (χ2n) is 16.9. The molecule has 0 rings (SSSR count). The number of aliphatic hydroxyl groups excluding tert-OH is 1. The Kier molecular flexibility index (Phi) is 48.2. The van der Waals surface area contributed by atoms with Crippen molar-refractivity contribution in [2.45, 2.75) is 200 Å². The lowest BCUT2D eigenvalue weighted by Crippen LogP contribution is -2.30. The number of aliphatic hydroxyl groups is 1. The molecule has 2 N–H and O–H groups in total. The third kappa shape index (κ3) is 48.9. The standard InChI is InChI=1S/C58H93O11P/c1-4-7-10-13-16-19-22-24-26-27-29-31-34-37-40-43-46-49-58(62)69-55(51-65-56(60)47-44-41-38-35-32-21-18-15-12-9-6-3)53-67-70(63,64)66-52-54(50-59)68-57(61)48-45-42-39-36-33-30-28-25-23-20-17-14-11-8-5-2/h7-8,10-11,15-20,24-26,28-29,31,33,36-37,40,54-55,59H,4-6,9,12-14,21-23,27,30,32,34-35,38-39,41-53H2,1-3H3,(H,63,64)/b10-7-,11-8-,18-15-,19-16-,20-17-,26-24-,28-25-,31-29-,36-33-,40-37-. The molecular weight excluding hydrogens is 904 g/mol. The summed E-state index contributed by atoms with van der Waals surface area (Å²) in [7, 11) is -4.78. The lowest BCUT2D eigenvalue weighted by molar-refractivity contribution is -0.161. The second kappa shape index (κ2) is 51.2. The van der Waals surface area contributed by atoms with Crippen LogP contribution in [0.3, 0.4) is 0 Å². The van der Waals surface area contributed by atoms with E-state index in [0.717, 1.165) is 109 Å². The van der Waals surface area contributed by atoms with Gasteiger partial charge in [0.25, 0.3) is 0 Å². The summed E-state index contributed by atoms with van der Waals surface area (Å²) in [5.41, 5.74) is 0. The zero-order chi connectivity index (χ0) is 51.3. The van der Waals surface area contributed by atoms with Crippen molar-refractivity contribution < 1.29 is 52.2 Å². The molecule has 0 aliphatic heterocycles. The molecule has 0 aliphatic rings. The molecule has 12 heteroatoms. The number of unbranched alkanes of at least 4 members (excludes halogenated alkanes) is 10. The first-order valence-corrected chi connectivity index (χ1v) is 27.9. The van der Waals surface area contributed by atoms with Gasteiger partial charge in [-0.2, -0.15) is 0 Å². The van der Waals surface area contributed by atoms with Gasteiger partial charge in [0.05, 0.1) is 19.8 Å². The Morgan fingerprint density at radius 1 is 0.414 bits per heavy atom. The van der Waals surface area contributed by atoms with E-state index in [9.17, 15) is 28.9 Å². The molecule has 11 nitrogen and oxygen atoms in total. The Morgan fingerprint density at radius 2 is 0.757 bits per heavy atom. The van der Waals surface area contributed by atoms with Gasteiger partial charge in [-0.25, -0.2) is 4.57 Å². The van der Waals surface area contributed by atoms with Crippen molar-refractivity contribution >= 4 is 25.7 Å². The molecule has 0 heterocycles. The number of rotatable bonds is 47. The summed E-state index contributed by atoms with van der Waals surface area (Å²) < 4.78 is 39.3. The van der Waals surface area contributed by atoms with Crippen LogP contribution in [0, 0.1) is 0 Å². The third-order valence-corrected chi connectivity index (χ3v) is 11.3. The molecule has 0 aliphatic carbocycles. The summed E-state index contributed by atoms with van der Waals surface area (Å²) in [5, 5.41) is 9.78. The van der Waals surface area contributed by atoms with Crippen molar-refractivity contribution in [3.05, 3.63) is 122 Å². The molecule has 0 aromatic rings. The quantitative estimate of drug-likeness (QED) is 0.0197. The number of allylic oxidation sites excluding steroid dienone is 20. The van der Waals surface area contributed by atoms with Gasteiger partial charge in [-0.15, -0.1) is 0 Å². The van der Waals surface area contributed by atoms with Crippen LogP contribution < -0.4 is 0 Å². The molecule has 396 valence electrons. The van der Waals surface area contributed by atoms with Crippen LogP contribution in [0.4, 0.5) is 0 Å². The topological polar surface area (TPSA) is 155 Å². The Hall–Kier alpha value is -4.12. The predicted molar refractivity (Wildman–Crippen MR) is 288 cm³/mol. The van der Waals surface area contributed by atoms with Gasteiger partial charge in [-0.1, -0.05) is 174 Å². The summed E-state index contributed by atoms with van der Waals surface area (Å²) in [4.78, 5) is 48.3. The van der Waals surface area contributed by atoms with Gasteiger partial charge in [-0.05, 0) is 116 Å². The van der Waals surface area contributed by atoms with Gasteiger partial charge in [-0.3, -0.25) is 23.4 Å². The second-order valence-corrected chi connectivity index (χ2v) is 18.4. The smallest absolute Gasteiger partial charge is 0.462 e. The SMILES string of the molecule is CC/C=C\C/C=C\C/C=C\C/C=C\C/C=C\CCCC(=O)OC(COC(=O)CCCCCCC/C=C\CCCC)COP(=O)(O)OCC(CO)OC(=O)CCCC/C=C\C/C=C\C/C=C\C/C=C\CC. The van der Waals surface area contributed by atoms with Gasteiger partial charge in [0.15, 0.2) is 6.10 Å². The zero-order valence-electron chi connectivity index (χ0n) is 43.4. The maximum absolute atomic E-state index is 12.9. The molecule has 3 unspecified atom stereocenters. The first kappa shape index (κ1) is 65.9. The van der Waals surface area contributed by atoms with Crippen LogP contribution in [-0.2, 0) is 42.2 Å². The minimum atomic E-state index is -4.78. The van der Waals surface area contributed by atoms with Crippen molar-refractivity contribution in [2.24, 2.45) is 0 Å². The number of hydrogen-bond donors (Lipinski definition) is 2. The van der Waals surface area contributed by atoms with Crippen LogP contribution in [0.15, 0.2) is 122 Å². The summed E-state index contributed by atoms with van der Waals surface area (Å²) >= 11 is 0. The highest BCUT2D eigenvalue weighted by Gasteiger charge is 2.28. The van der Waals surface area contributed by atoms with E-state index >= 15 is 0 Å². The fraction of sp³-hybridized carbons (Fsp3) is 0.603. The maximum atomic E-state index is 12.9. The lowest BCUT2D eigenvalue weighted by Gasteiger charge is -2.21. The van der Waals surface area contributed by atoms with E-state index in [1.165, 1.54) is 12.8 Å². The van der Waals surface area contributed by atoms with E-state index in [4.69, 9.17) is 23.3 Å². The fourth-order valence-corrected chi connectivity index (χ4v) is 7.15. The highest BCUT2D eigenvalue weighted by atomic mass is 31.2. The Bertz CT molecular complexity index is 1630. The summed E-state index contributed by atoms with van der Waals surface area (Å²) in [6.07, 6.45) is 61.8. The fourth-order valence-electron chi connectivity index (χ4n) is 6.36. The van der Waals surface area contributed by atoms with Crippen LogP contribution in [-0.4, -0.2) is 66.5 Å². The van der Waals surface area contributed by atoms with Crippen molar-refractivity contribution in [1.29, 1.82) is 0 Å². The molecule has 0 amide bonds. The number of phosphoric acid groups is 1. The molecule has 0 aromatic carbocycles. The van der Waals surface area contributed by atoms with E-state index in [1.807, 2.05) is 12.2 Å². The Balaban J connectivity index is 4.87. The largest absolute Gasteiger partial charge is 0.472 e. The summed E-state index contributed by atoms with van der Waals surface area (Å²) in [6, 6.07) is 0. The number of ether oxygens (including phenoxy) is 3. The lowest BCUT2D eigenvalue weighted by atomic mass is 10.1. The van der Waals surface area contributed by atoms with Gasteiger partial charge >= 0.3 is 25.7 Å². The Labute approximate surface area is 424 Å². The molecule has 0 saturated heterocycles. The molecule has 0 spiro atoms. The third-order valence-electron chi connectivity index (χ3n) is 10.3. The van der Waals surface area contributed by atoms with Crippen LogP contribution >= 0.6 is 7.82 Å². The minimum Gasteiger partial charge on any atom is -0.462 e. The molecule has 70 heavy (non-hydrogen) atoms. The van der Waals surface area contributed by atoms with Crippen molar-refractivity contribution in [1.82, 2.24) is 0 Å². The molecular formula is C58H93O11P. The first-order chi connectivity index (χ1) is 34.2. The monoisotopic (exact) mass is 997 g/mol. The Morgan fingerprint density at radius 3 is 1.24 bits per heavy atom. The summed E-state index contributed by atoms with van der Waals surface area (Å²) in [6.45, 7) is 4.22. The van der Waals surface area contributed by atoms with Crippen molar-refractivity contribution in [2.75, 3.05) is 26.4 Å². The normalized spacial score (nSPS) is 14.4. The average molecular weight is 997 g/mol. The highest BCUT2D eigenvalue weighted by molar-refractivity contribution is 7.47.